The molecule has 20 heavy (non-hydrogen) atoms. The van der Waals surface area contributed by atoms with Crippen LogP contribution in [0.3, 0.4) is 0 Å². The maximum absolute atomic E-state index is 8.82. The van der Waals surface area contributed by atoms with Gasteiger partial charge in [0.15, 0.2) is 5.75 Å². The van der Waals surface area contributed by atoms with Crippen LogP contribution in [-0.2, 0) is 6.61 Å². The Bertz CT molecular complexity index is 651. The van der Waals surface area contributed by atoms with Crippen molar-refractivity contribution >= 4 is 46.4 Å². The van der Waals surface area contributed by atoms with Gasteiger partial charge < -0.3 is 4.74 Å². The normalized spacial score (nSPS) is 10.2. The first-order valence-electron chi connectivity index (χ1n) is 5.47. The fraction of sp³-hybridized carbons (Fsp3) is 0.0714. The third-order valence-electron chi connectivity index (χ3n) is 2.55. The summed E-state index contributed by atoms with van der Waals surface area (Å²) in [5.74, 6) is 0.295. The highest BCUT2D eigenvalue weighted by Crippen LogP contribution is 2.35. The van der Waals surface area contributed by atoms with Crippen molar-refractivity contribution in [3.63, 3.8) is 0 Å². The van der Waals surface area contributed by atoms with Crippen molar-refractivity contribution < 1.29 is 4.74 Å². The first kappa shape index (κ1) is 15.3. The van der Waals surface area contributed by atoms with Gasteiger partial charge in [-0.15, -0.1) is 0 Å². The summed E-state index contributed by atoms with van der Waals surface area (Å²) in [6.07, 6.45) is 0. The minimum atomic E-state index is 0.129. The Morgan fingerprint density at radius 1 is 0.950 bits per heavy atom. The molecule has 0 spiro atoms. The van der Waals surface area contributed by atoms with Gasteiger partial charge in [-0.3, -0.25) is 0 Å². The van der Waals surface area contributed by atoms with Gasteiger partial charge in [0.1, 0.15) is 6.61 Å². The lowest BCUT2D eigenvalue weighted by atomic mass is 10.2. The molecule has 0 fully saturated rings. The number of hydrogen-bond donors (Lipinski definition) is 0. The summed E-state index contributed by atoms with van der Waals surface area (Å²) in [7, 11) is 0. The summed E-state index contributed by atoms with van der Waals surface area (Å²) >= 11 is 24.2. The minimum Gasteiger partial charge on any atom is -0.486 e. The van der Waals surface area contributed by atoms with Gasteiger partial charge in [-0.05, 0) is 24.3 Å². The van der Waals surface area contributed by atoms with Crippen molar-refractivity contribution in [1.29, 1.82) is 5.26 Å². The lowest BCUT2D eigenvalue weighted by Crippen LogP contribution is -1.99. The van der Waals surface area contributed by atoms with E-state index in [2.05, 4.69) is 0 Å². The number of nitriles is 1. The Morgan fingerprint density at radius 2 is 1.50 bits per heavy atom. The molecule has 0 aliphatic carbocycles. The molecular formula is C14H7Cl4NO. The number of rotatable bonds is 3. The molecule has 0 radical (unpaired) electrons. The van der Waals surface area contributed by atoms with Gasteiger partial charge >= 0.3 is 0 Å². The van der Waals surface area contributed by atoms with Crippen molar-refractivity contribution in [1.82, 2.24) is 0 Å². The molecule has 0 atom stereocenters. The Kier molecular flexibility index (Phi) is 5.01. The van der Waals surface area contributed by atoms with Crippen LogP contribution < -0.4 is 4.74 Å². The van der Waals surface area contributed by atoms with Gasteiger partial charge in [0.2, 0.25) is 0 Å². The lowest BCUT2D eigenvalue weighted by Gasteiger charge is -2.12. The second-order valence-electron chi connectivity index (χ2n) is 3.87. The van der Waals surface area contributed by atoms with E-state index in [1.165, 1.54) is 12.1 Å². The first-order chi connectivity index (χ1) is 9.52. The monoisotopic (exact) mass is 345 g/mol. The van der Waals surface area contributed by atoms with E-state index in [4.69, 9.17) is 56.4 Å². The Balaban J connectivity index is 2.26. The third-order valence-corrected chi connectivity index (χ3v) is 3.82. The van der Waals surface area contributed by atoms with E-state index in [0.717, 1.165) is 0 Å². The van der Waals surface area contributed by atoms with E-state index in [1.54, 1.807) is 18.2 Å². The maximum atomic E-state index is 8.82. The van der Waals surface area contributed by atoms with Crippen LogP contribution in [0.25, 0.3) is 0 Å². The zero-order chi connectivity index (χ0) is 14.7. The van der Waals surface area contributed by atoms with E-state index in [0.29, 0.717) is 26.9 Å². The standard InChI is InChI=1S/C14H7Cl4NO/c15-10-2-1-3-11(16)9(10)7-20-14-12(17)4-8(6-19)5-13(14)18/h1-5H,7H2. The van der Waals surface area contributed by atoms with Crippen molar-refractivity contribution in [2.24, 2.45) is 0 Å². The molecule has 0 aliphatic rings. The summed E-state index contributed by atoms with van der Waals surface area (Å²) in [5, 5.41) is 10.3. The second-order valence-corrected chi connectivity index (χ2v) is 5.50. The molecule has 0 aromatic heterocycles. The molecule has 2 nitrogen and oxygen atoms in total. The first-order valence-corrected chi connectivity index (χ1v) is 6.99. The Hall–Kier alpha value is -1.11. The molecule has 0 amide bonds. The quantitative estimate of drug-likeness (QED) is 0.708. The second kappa shape index (κ2) is 6.56. The predicted octanol–water partition coefficient (Wildman–Crippen LogP) is 5.75. The molecule has 2 aromatic carbocycles. The Labute approximate surface area is 136 Å². The molecule has 102 valence electrons. The van der Waals surface area contributed by atoms with E-state index in [-0.39, 0.29) is 16.7 Å². The highest BCUT2D eigenvalue weighted by atomic mass is 35.5. The Morgan fingerprint density at radius 3 is 2.00 bits per heavy atom. The molecule has 0 bridgehead atoms. The predicted molar refractivity (Wildman–Crippen MR) is 82.0 cm³/mol. The number of halogens is 4. The minimum absolute atomic E-state index is 0.129. The largest absolute Gasteiger partial charge is 0.486 e. The summed E-state index contributed by atoms with van der Waals surface area (Å²) < 4.78 is 5.57. The van der Waals surface area contributed by atoms with Crippen molar-refractivity contribution in [2.45, 2.75) is 6.61 Å². The molecule has 2 aromatic rings. The number of hydrogen-bond acceptors (Lipinski definition) is 2. The van der Waals surface area contributed by atoms with Gasteiger partial charge in [-0.1, -0.05) is 52.5 Å². The van der Waals surface area contributed by atoms with Crippen molar-refractivity contribution in [3.05, 3.63) is 61.5 Å². The number of ether oxygens (including phenoxy) is 1. The number of benzene rings is 2. The van der Waals surface area contributed by atoms with Crippen LogP contribution in [0.2, 0.25) is 20.1 Å². The van der Waals surface area contributed by atoms with Crippen LogP contribution in [0.4, 0.5) is 0 Å². The third kappa shape index (κ3) is 3.31. The van der Waals surface area contributed by atoms with Gasteiger partial charge in [0, 0.05) is 15.6 Å². The van der Waals surface area contributed by atoms with E-state index in [9.17, 15) is 0 Å². The molecule has 0 unspecified atom stereocenters. The van der Waals surface area contributed by atoms with Crippen LogP contribution >= 0.6 is 46.4 Å². The summed E-state index contributed by atoms with van der Waals surface area (Å²) in [6, 6.07) is 10.1. The van der Waals surface area contributed by atoms with Gasteiger partial charge in [0.05, 0.1) is 21.7 Å². The average Bonchev–Trinajstić information content (AvgIpc) is 2.40. The van der Waals surface area contributed by atoms with E-state index < -0.39 is 0 Å². The summed E-state index contributed by atoms with van der Waals surface area (Å²) in [6.45, 7) is 0.129. The zero-order valence-corrected chi connectivity index (χ0v) is 13.0. The molecule has 0 aliphatic heterocycles. The van der Waals surface area contributed by atoms with Gasteiger partial charge in [0.25, 0.3) is 0 Å². The molecule has 0 saturated heterocycles. The molecule has 0 N–H and O–H groups in total. The topological polar surface area (TPSA) is 33.0 Å². The lowest BCUT2D eigenvalue weighted by molar-refractivity contribution is 0.307. The molecule has 0 saturated carbocycles. The highest BCUT2D eigenvalue weighted by molar-refractivity contribution is 6.37. The van der Waals surface area contributed by atoms with Gasteiger partial charge in [-0.25, -0.2) is 0 Å². The SMILES string of the molecule is N#Cc1cc(Cl)c(OCc2c(Cl)cccc2Cl)c(Cl)c1. The fourth-order valence-corrected chi connectivity index (χ4v) is 2.68. The van der Waals surface area contributed by atoms with Gasteiger partial charge in [-0.2, -0.15) is 5.26 Å². The van der Waals surface area contributed by atoms with Crippen LogP contribution in [0.5, 0.6) is 5.75 Å². The van der Waals surface area contributed by atoms with E-state index >= 15 is 0 Å². The van der Waals surface area contributed by atoms with Crippen molar-refractivity contribution in [3.8, 4) is 11.8 Å². The van der Waals surface area contributed by atoms with Crippen LogP contribution in [0.1, 0.15) is 11.1 Å². The van der Waals surface area contributed by atoms with Crippen molar-refractivity contribution in [2.75, 3.05) is 0 Å². The van der Waals surface area contributed by atoms with Crippen LogP contribution in [-0.4, -0.2) is 0 Å². The zero-order valence-electron chi connectivity index (χ0n) is 9.96. The molecule has 2 rings (SSSR count). The van der Waals surface area contributed by atoms with Crippen LogP contribution in [0, 0.1) is 11.3 Å². The molecule has 0 heterocycles. The average molecular weight is 347 g/mol. The van der Waals surface area contributed by atoms with E-state index in [1.807, 2.05) is 6.07 Å². The maximum Gasteiger partial charge on any atom is 0.157 e. The molecule has 6 heteroatoms. The number of nitrogens with zero attached hydrogens (tertiary/aromatic N) is 1. The fourth-order valence-electron chi connectivity index (χ4n) is 1.58. The van der Waals surface area contributed by atoms with Crippen LogP contribution in [0.15, 0.2) is 30.3 Å². The molecular weight excluding hydrogens is 340 g/mol. The highest BCUT2D eigenvalue weighted by Gasteiger charge is 2.12. The smallest absolute Gasteiger partial charge is 0.157 e. The summed E-state index contributed by atoms with van der Waals surface area (Å²) in [5.41, 5.74) is 1.01. The summed E-state index contributed by atoms with van der Waals surface area (Å²) in [4.78, 5) is 0.